The molecule has 1 fully saturated rings. The van der Waals surface area contributed by atoms with E-state index in [0.717, 1.165) is 41.7 Å². The molecule has 7 nitrogen and oxygen atoms in total. The molecule has 1 aliphatic rings. The van der Waals surface area contributed by atoms with Gasteiger partial charge >= 0.3 is 6.03 Å². The zero-order valence-corrected chi connectivity index (χ0v) is 15.9. The second-order valence-corrected chi connectivity index (χ2v) is 6.17. The molecule has 144 valence electrons. The first-order chi connectivity index (χ1) is 13.1. The van der Waals surface area contributed by atoms with Crippen molar-refractivity contribution < 1.29 is 19.0 Å². The van der Waals surface area contributed by atoms with E-state index in [1.165, 1.54) is 0 Å². The minimum Gasteiger partial charge on any atom is -0.497 e. The molecule has 3 rings (SSSR count). The number of hydrogen-bond acceptors (Lipinski definition) is 5. The van der Waals surface area contributed by atoms with Gasteiger partial charge in [0.1, 0.15) is 17.2 Å². The SMILES string of the molecule is COc1ccc(NC(=O)N2CCN(c3ccc(OC)cc3OC)CC2)cc1. The van der Waals surface area contributed by atoms with Crippen LogP contribution in [0.5, 0.6) is 17.2 Å². The molecule has 0 aliphatic carbocycles. The third kappa shape index (κ3) is 4.36. The number of piperazine rings is 1. The molecule has 0 radical (unpaired) electrons. The minimum absolute atomic E-state index is 0.0958. The molecule has 2 amide bonds. The zero-order chi connectivity index (χ0) is 19.2. The van der Waals surface area contributed by atoms with Gasteiger partial charge in [-0.1, -0.05) is 0 Å². The number of anilines is 2. The van der Waals surface area contributed by atoms with E-state index in [4.69, 9.17) is 14.2 Å². The number of nitrogens with one attached hydrogen (secondary N) is 1. The van der Waals surface area contributed by atoms with Crippen LogP contribution in [0.3, 0.4) is 0 Å². The summed E-state index contributed by atoms with van der Waals surface area (Å²) in [4.78, 5) is 16.5. The molecule has 0 atom stereocenters. The third-order valence-electron chi connectivity index (χ3n) is 4.64. The van der Waals surface area contributed by atoms with Gasteiger partial charge in [0.2, 0.25) is 0 Å². The van der Waals surface area contributed by atoms with E-state index in [0.29, 0.717) is 13.1 Å². The predicted molar refractivity (Wildman–Crippen MR) is 105 cm³/mol. The summed E-state index contributed by atoms with van der Waals surface area (Å²) in [7, 11) is 4.90. The molecular weight excluding hydrogens is 346 g/mol. The molecule has 27 heavy (non-hydrogen) atoms. The van der Waals surface area contributed by atoms with Crippen LogP contribution in [-0.4, -0.2) is 58.4 Å². The lowest BCUT2D eigenvalue weighted by Gasteiger charge is -2.36. The van der Waals surface area contributed by atoms with E-state index in [2.05, 4.69) is 10.2 Å². The first-order valence-electron chi connectivity index (χ1n) is 8.81. The second kappa shape index (κ2) is 8.53. The Morgan fingerprint density at radius 3 is 2.07 bits per heavy atom. The van der Waals surface area contributed by atoms with Crippen molar-refractivity contribution >= 4 is 17.4 Å². The van der Waals surface area contributed by atoms with Gasteiger partial charge < -0.3 is 29.3 Å². The van der Waals surface area contributed by atoms with Crippen molar-refractivity contribution in [2.75, 3.05) is 57.7 Å². The van der Waals surface area contributed by atoms with Crippen molar-refractivity contribution in [1.29, 1.82) is 0 Å². The van der Waals surface area contributed by atoms with Gasteiger partial charge in [-0.3, -0.25) is 0 Å². The van der Waals surface area contributed by atoms with Crippen molar-refractivity contribution in [2.24, 2.45) is 0 Å². The van der Waals surface area contributed by atoms with Gasteiger partial charge in [-0.2, -0.15) is 0 Å². The van der Waals surface area contributed by atoms with Crippen LogP contribution in [0.15, 0.2) is 42.5 Å². The van der Waals surface area contributed by atoms with Crippen molar-refractivity contribution in [3.63, 3.8) is 0 Å². The Balaban J connectivity index is 1.58. The van der Waals surface area contributed by atoms with E-state index in [-0.39, 0.29) is 6.03 Å². The Hall–Kier alpha value is -3.09. The van der Waals surface area contributed by atoms with Gasteiger partial charge in [0.15, 0.2) is 0 Å². The number of amides is 2. The fourth-order valence-corrected chi connectivity index (χ4v) is 3.07. The summed E-state index contributed by atoms with van der Waals surface area (Å²) in [5.74, 6) is 2.29. The number of carbonyl (C=O) groups is 1. The lowest BCUT2D eigenvalue weighted by atomic mass is 10.2. The molecular formula is C20H25N3O4. The largest absolute Gasteiger partial charge is 0.497 e. The van der Waals surface area contributed by atoms with E-state index in [9.17, 15) is 4.79 Å². The Kier molecular flexibility index (Phi) is 5.90. The number of methoxy groups -OCH3 is 3. The molecule has 1 heterocycles. The summed E-state index contributed by atoms with van der Waals surface area (Å²) in [6.45, 7) is 2.74. The highest BCUT2D eigenvalue weighted by Gasteiger charge is 2.23. The normalized spacial score (nSPS) is 13.9. The monoisotopic (exact) mass is 371 g/mol. The Labute approximate surface area is 159 Å². The highest BCUT2D eigenvalue weighted by molar-refractivity contribution is 5.89. The topological polar surface area (TPSA) is 63.3 Å². The van der Waals surface area contributed by atoms with Crippen LogP contribution < -0.4 is 24.4 Å². The molecule has 2 aromatic carbocycles. The third-order valence-corrected chi connectivity index (χ3v) is 4.64. The van der Waals surface area contributed by atoms with Gasteiger partial charge in [0.25, 0.3) is 0 Å². The Bertz CT molecular complexity index is 771. The number of carbonyl (C=O) groups excluding carboxylic acids is 1. The Morgan fingerprint density at radius 1 is 0.852 bits per heavy atom. The minimum atomic E-state index is -0.0958. The smallest absolute Gasteiger partial charge is 0.321 e. The molecule has 2 aromatic rings. The second-order valence-electron chi connectivity index (χ2n) is 6.17. The van der Waals surface area contributed by atoms with E-state index >= 15 is 0 Å². The summed E-state index contributed by atoms with van der Waals surface area (Å²) < 4.78 is 15.9. The number of urea groups is 1. The molecule has 0 saturated carbocycles. The van der Waals surface area contributed by atoms with Crippen LogP contribution in [0, 0.1) is 0 Å². The molecule has 1 aliphatic heterocycles. The summed E-state index contributed by atoms with van der Waals surface area (Å²) in [5, 5.41) is 2.93. The fourth-order valence-electron chi connectivity index (χ4n) is 3.07. The van der Waals surface area contributed by atoms with E-state index in [1.54, 1.807) is 21.3 Å². The van der Waals surface area contributed by atoms with Crippen LogP contribution in [0.4, 0.5) is 16.2 Å². The summed E-state index contributed by atoms with van der Waals surface area (Å²) in [6.07, 6.45) is 0. The van der Waals surface area contributed by atoms with Gasteiger partial charge in [0.05, 0.1) is 27.0 Å². The molecule has 1 N–H and O–H groups in total. The highest BCUT2D eigenvalue weighted by Crippen LogP contribution is 2.32. The van der Waals surface area contributed by atoms with Crippen molar-refractivity contribution in [1.82, 2.24) is 4.90 Å². The first-order valence-corrected chi connectivity index (χ1v) is 8.81. The maximum absolute atomic E-state index is 12.5. The van der Waals surface area contributed by atoms with Gasteiger partial charge in [-0.15, -0.1) is 0 Å². The first kappa shape index (κ1) is 18.7. The molecule has 0 bridgehead atoms. The van der Waals surface area contributed by atoms with Gasteiger partial charge in [0, 0.05) is 37.9 Å². The highest BCUT2D eigenvalue weighted by atomic mass is 16.5. The van der Waals surface area contributed by atoms with Crippen LogP contribution in [-0.2, 0) is 0 Å². The average molecular weight is 371 g/mol. The van der Waals surface area contributed by atoms with Crippen molar-refractivity contribution in [2.45, 2.75) is 0 Å². The molecule has 0 unspecified atom stereocenters. The standard InChI is InChI=1S/C20H25N3O4/c1-25-16-6-4-15(5-7-16)21-20(24)23-12-10-22(11-13-23)18-9-8-17(26-2)14-19(18)27-3/h4-9,14H,10-13H2,1-3H3,(H,21,24). The maximum Gasteiger partial charge on any atom is 0.321 e. The van der Waals surface area contributed by atoms with Crippen molar-refractivity contribution in [3.05, 3.63) is 42.5 Å². The van der Waals surface area contributed by atoms with E-state index in [1.807, 2.05) is 47.4 Å². The quantitative estimate of drug-likeness (QED) is 0.875. The molecule has 7 heteroatoms. The van der Waals surface area contributed by atoms with Crippen LogP contribution >= 0.6 is 0 Å². The molecule has 1 saturated heterocycles. The number of rotatable bonds is 5. The summed E-state index contributed by atoms with van der Waals surface area (Å²) >= 11 is 0. The average Bonchev–Trinajstić information content (AvgIpc) is 2.73. The maximum atomic E-state index is 12.5. The predicted octanol–water partition coefficient (Wildman–Crippen LogP) is 3.07. The lowest BCUT2D eigenvalue weighted by molar-refractivity contribution is 0.208. The number of ether oxygens (including phenoxy) is 3. The molecule has 0 aromatic heterocycles. The van der Waals surface area contributed by atoms with Crippen LogP contribution in [0.2, 0.25) is 0 Å². The van der Waals surface area contributed by atoms with Crippen LogP contribution in [0.1, 0.15) is 0 Å². The number of hydrogen-bond donors (Lipinski definition) is 1. The zero-order valence-electron chi connectivity index (χ0n) is 15.9. The number of benzene rings is 2. The molecule has 0 spiro atoms. The number of nitrogens with zero attached hydrogens (tertiary/aromatic N) is 2. The Morgan fingerprint density at radius 2 is 1.48 bits per heavy atom. The van der Waals surface area contributed by atoms with Crippen molar-refractivity contribution in [3.8, 4) is 17.2 Å². The van der Waals surface area contributed by atoms with Crippen LogP contribution in [0.25, 0.3) is 0 Å². The summed E-state index contributed by atoms with van der Waals surface area (Å²) in [5.41, 5.74) is 1.76. The van der Waals surface area contributed by atoms with E-state index < -0.39 is 0 Å². The fraction of sp³-hybridized carbons (Fsp3) is 0.350. The van der Waals surface area contributed by atoms with Gasteiger partial charge in [-0.25, -0.2) is 4.79 Å². The summed E-state index contributed by atoms with van der Waals surface area (Å²) in [6, 6.07) is 13.0. The lowest BCUT2D eigenvalue weighted by Crippen LogP contribution is -2.50. The van der Waals surface area contributed by atoms with Gasteiger partial charge in [-0.05, 0) is 36.4 Å².